The third-order valence-electron chi connectivity index (χ3n) is 3.26. The molecular formula is C15H9LiN. The number of rotatable bonds is 0. The van der Waals surface area contributed by atoms with Gasteiger partial charge in [-0.15, -0.1) is 0 Å². The molecule has 1 radical (unpaired) electrons. The standard InChI is InChI=1S/C15H9N.Li/c1-2-4-12-11(3-1)9-14-13(12)6-5-10-7-8-16-15(10)14;/h1-9H;. The molecule has 0 bridgehead atoms. The van der Waals surface area contributed by atoms with Crippen LogP contribution in [0.5, 0.6) is 0 Å². The third-order valence-corrected chi connectivity index (χ3v) is 3.26. The summed E-state index contributed by atoms with van der Waals surface area (Å²) in [4.78, 5) is 4.44. The summed E-state index contributed by atoms with van der Waals surface area (Å²) in [5, 5.41) is 5.15. The second-order valence-electron chi connectivity index (χ2n) is 4.14. The average Bonchev–Trinajstić information content (AvgIpc) is 2.92. The minimum absolute atomic E-state index is 0. The van der Waals surface area contributed by atoms with E-state index < -0.39 is 0 Å². The van der Waals surface area contributed by atoms with E-state index in [0.29, 0.717) is 0 Å². The number of hydrogen-bond donors (Lipinski definition) is 0. The second kappa shape index (κ2) is 3.74. The Labute approximate surface area is 111 Å². The molecule has 2 heteroatoms. The van der Waals surface area contributed by atoms with Gasteiger partial charge in [0.25, 0.3) is 0 Å². The molecule has 1 heterocycles. The molecule has 0 spiro atoms. The molecule has 0 fully saturated rings. The Morgan fingerprint density at radius 2 is 1.71 bits per heavy atom. The molecule has 17 heavy (non-hydrogen) atoms. The smallest absolute Gasteiger partial charge is 0.0781 e. The van der Waals surface area contributed by atoms with E-state index >= 15 is 0 Å². The van der Waals surface area contributed by atoms with E-state index in [1.165, 1.54) is 26.4 Å². The maximum absolute atomic E-state index is 4.44. The quantitative estimate of drug-likeness (QED) is 0.495. The van der Waals surface area contributed by atoms with Crippen LogP contribution in [-0.2, 0) is 0 Å². The van der Waals surface area contributed by atoms with E-state index in [-0.39, 0.29) is 18.9 Å². The minimum Gasteiger partial charge on any atom is -0.256 e. The fourth-order valence-electron chi connectivity index (χ4n) is 2.50. The van der Waals surface area contributed by atoms with Crippen LogP contribution in [0.25, 0.3) is 12.2 Å². The maximum atomic E-state index is 4.44. The average molecular weight is 210 g/mol. The van der Waals surface area contributed by atoms with Gasteiger partial charge in [-0.05, 0) is 27.8 Å². The molecule has 1 nitrogen and oxygen atoms in total. The van der Waals surface area contributed by atoms with Crippen molar-refractivity contribution in [1.82, 2.24) is 0 Å². The number of fused-ring (bicyclic) bond motifs is 4. The summed E-state index contributed by atoms with van der Waals surface area (Å²) < 4.78 is 0. The van der Waals surface area contributed by atoms with E-state index in [0.717, 1.165) is 5.69 Å². The molecule has 0 unspecified atom stereocenters. The minimum atomic E-state index is 0. The van der Waals surface area contributed by atoms with E-state index in [1.54, 1.807) is 0 Å². The Bertz CT molecular complexity index is 847. The first-order chi connectivity index (χ1) is 7.93. The molecule has 2 aromatic rings. The summed E-state index contributed by atoms with van der Waals surface area (Å²) in [5.74, 6) is 0. The largest absolute Gasteiger partial charge is 0.256 e. The normalized spacial score (nSPS) is 12.9. The van der Waals surface area contributed by atoms with Crippen molar-refractivity contribution in [3.8, 4) is 0 Å². The molecule has 1 aliphatic carbocycles. The van der Waals surface area contributed by atoms with E-state index in [2.05, 4.69) is 53.5 Å². The molecule has 0 aromatic heterocycles. The van der Waals surface area contributed by atoms with Gasteiger partial charge in [0.15, 0.2) is 0 Å². The number of aliphatic imine (C=N–C) groups is 1. The van der Waals surface area contributed by atoms with Crippen molar-refractivity contribution in [2.45, 2.75) is 0 Å². The summed E-state index contributed by atoms with van der Waals surface area (Å²) in [5.41, 5.74) is 2.39. The van der Waals surface area contributed by atoms with Crippen LogP contribution < -0.4 is 10.4 Å². The molecule has 0 atom stereocenters. The van der Waals surface area contributed by atoms with Crippen molar-refractivity contribution in [3.63, 3.8) is 0 Å². The first-order valence-corrected chi connectivity index (χ1v) is 5.42. The fourth-order valence-corrected chi connectivity index (χ4v) is 2.50. The SMILES string of the molecule is C1=Nc2c3c(ccc2=C1)=c1ccccc1=C3.[Li]. The van der Waals surface area contributed by atoms with Gasteiger partial charge in [-0.3, -0.25) is 4.99 Å². The summed E-state index contributed by atoms with van der Waals surface area (Å²) in [6.45, 7) is 0. The molecule has 2 aromatic carbocycles. The first-order valence-electron chi connectivity index (χ1n) is 5.42. The van der Waals surface area contributed by atoms with Gasteiger partial charge in [-0.1, -0.05) is 36.4 Å². The van der Waals surface area contributed by atoms with Crippen LogP contribution in [0.3, 0.4) is 0 Å². The molecule has 75 valence electrons. The molecule has 0 N–H and O–H groups in total. The van der Waals surface area contributed by atoms with Crippen molar-refractivity contribution in [1.29, 1.82) is 0 Å². The van der Waals surface area contributed by atoms with E-state index in [9.17, 15) is 0 Å². The zero-order valence-electron chi connectivity index (χ0n) is 9.64. The van der Waals surface area contributed by atoms with Gasteiger partial charge in [0.1, 0.15) is 0 Å². The molecule has 0 saturated carbocycles. The Morgan fingerprint density at radius 3 is 2.65 bits per heavy atom. The fraction of sp³-hybridized carbons (Fsp3) is 0. The molecule has 4 rings (SSSR count). The van der Waals surface area contributed by atoms with Gasteiger partial charge in [0.05, 0.1) is 5.69 Å². The van der Waals surface area contributed by atoms with E-state index in [4.69, 9.17) is 0 Å². The van der Waals surface area contributed by atoms with Crippen molar-refractivity contribution in [3.05, 3.63) is 62.8 Å². The molecule has 0 saturated heterocycles. The monoisotopic (exact) mass is 210 g/mol. The Morgan fingerprint density at radius 1 is 0.824 bits per heavy atom. The van der Waals surface area contributed by atoms with Crippen molar-refractivity contribution >= 4 is 42.9 Å². The van der Waals surface area contributed by atoms with Gasteiger partial charge >= 0.3 is 0 Å². The van der Waals surface area contributed by atoms with Crippen LogP contribution in [0, 0.1) is 10.4 Å². The van der Waals surface area contributed by atoms with Gasteiger partial charge in [-0.25, -0.2) is 0 Å². The zero-order chi connectivity index (χ0) is 10.5. The van der Waals surface area contributed by atoms with Gasteiger partial charge in [-0.2, -0.15) is 0 Å². The number of nitrogens with zero attached hydrogens (tertiary/aromatic N) is 1. The molecular weight excluding hydrogens is 201 g/mol. The molecule has 0 amide bonds. The van der Waals surface area contributed by atoms with Gasteiger partial charge < -0.3 is 0 Å². The maximum Gasteiger partial charge on any atom is 0.0781 e. The molecule has 1 aliphatic heterocycles. The topological polar surface area (TPSA) is 12.4 Å². The molecule has 2 aliphatic rings. The Kier molecular flexibility index (Phi) is 2.33. The summed E-state index contributed by atoms with van der Waals surface area (Å²) in [6.07, 6.45) is 6.17. The number of benzene rings is 2. The van der Waals surface area contributed by atoms with Crippen molar-refractivity contribution in [2.24, 2.45) is 4.99 Å². The van der Waals surface area contributed by atoms with Gasteiger partial charge in [0.2, 0.25) is 0 Å². The Balaban J connectivity index is 0.000000902. The van der Waals surface area contributed by atoms with Crippen LogP contribution in [0.2, 0.25) is 0 Å². The van der Waals surface area contributed by atoms with Crippen LogP contribution in [0.4, 0.5) is 5.69 Å². The van der Waals surface area contributed by atoms with Crippen molar-refractivity contribution < 1.29 is 0 Å². The predicted molar refractivity (Wildman–Crippen MR) is 71.7 cm³/mol. The third kappa shape index (κ3) is 1.37. The summed E-state index contributed by atoms with van der Waals surface area (Å²) in [6, 6.07) is 12.8. The number of hydrogen-bond acceptors (Lipinski definition) is 1. The predicted octanol–water partition coefficient (Wildman–Crippen LogP) is 1.23. The van der Waals surface area contributed by atoms with Crippen molar-refractivity contribution in [2.75, 3.05) is 0 Å². The van der Waals surface area contributed by atoms with Crippen LogP contribution in [0.15, 0.2) is 41.4 Å². The second-order valence-corrected chi connectivity index (χ2v) is 4.14. The van der Waals surface area contributed by atoms with Crippen LogP contribution in [-0.4, -0.2) is 25.1 Å². The van der Waals surface area contributed by atoms with Crippen LogP contribution in [0.1, 0.15) is 5.56 Å². The Hall–Kier alpha value is -1.55. The first kappa shape index (κ1) is 10.6. The van der Waals surface area contributed by atoms with Gasteiger partial charge in [0, 0.05) is 35.9 Å². The van der Waals surface area contributed by atoms with Crippen LogP contribution >= 0.6 is 0 Å². The van der Waals surface area contributed by atoms with E-state index in [1.807, 2.05) is 6.21 Å². The summed E-state index contributed by atoms with van der Waals surface area (Å²) in [7, 11) is 0. The summed E-state index contributed by atoms with van der Waals surface area (Å²) >= 11 is 0. The zero-order valence-corrected chi connectivity index (χ0v) is 9.64.